The normalized spacial score (nSPS) is 12.6. The molecule has 0 amide bonds. The predicted molar refractivity (Wildman–Crippen MR) is 284 cm³/mol. The van der Waals surface area contributed by atoms with E-state index in [2.05, 4.69) is 93.7 Å². The number of carbonyl (C=O) groups is 3. The number of hydrogen-bond donors (Lipinski definition) is 0. The average Bonchev–Trinajstić information content (AvgIpc) is 3.31. The van der Waals surface area contributed by atoms with Gasteiger partial charge in [0.1, 0.15) is 13.2 Å². The van der Waals surface area contributed by atoms with E-state index in [0.29, 0.717) is 19.3 Å². The summed E-state index contributed by atoms with van der Waals surface area (Å²) in [5.41, 5.74) is 0. The summed E-state index contributed by atoms with van der Waals surface area (Å²) in [6, 6.07) is 0. The van der Waals surface area contributed by atoms with Crippen molar-refractivity contribution in [3.8, 4) is 0 Å². The third kappa shape index (κ3) is 51.8. The molecule has 0 rings (SSSR count). The fraction of sp³-hybridized carbons (Fsp3) is 0.750. The number of esters is 3. The molecule has 0 aromatic heterocycles. The van der Waals surface area contributed by atoms with Crippen LogP contribution in [-0.4, -0.2) is 37.2 Å². The third-order valence-electron chi connectivity index (χ3n) is 11.9. The predicted octanol–water partition coefficient (Wildman–Crippen LogP) is 18.6. The van der Waals surface area contributed by atoms with E-state index in [0.717, 1.165) is 109 Å². The van der Waals surface area contributed by atoms with E-state index < -0.39 is 6.10 Å². The van der Waals surface area contributed by atoms with E-state index in [4.69, 9.17) is 14.2 Å². The van der Waals surface area contributed by atoms with Crippen molar-refractivity contribution in [2.45, 2.75) is 277 Å². The summed E-state index contributed by atoms with van der Waals surface area (Å²) >= 11 is 0. The van der Waals surface area contributed by atoms with Crippen LogP contribution < -0.4 is 0 Å². The van der Waals surface area contributed by atoms with E-state index in [1.165, 1.54) is 122 Å². The molecule has 0 N–H and O–H groups in total. The second-order valence-electron chi connectivity index (χ2n) is 18.5. The van der Waals surface area contributed by atoms with E-state index in [1.807, 2.05) is 0 Å². The van der Waals surface area contributed by atoms with Crippen molar-refractivity contribution in [3.05, 3.63) is 72.9 Å². The number of carbonyl (C=O) groups excluding carboxylic acids is 3. The van der Waals surface area contributed by atoms with Gasteiger partial charge in [0, 0.05) is 19.3 Å². The zero-order valence-electron chi connectivity index (χ0n) is 43.4. The highest BCUT2D eigenvalue weighted by molar-refractivity contribution is 5.71. The van der Waals surface area contributed by atoms with Gasteiger partial charge >= 0.3 is 17.9 Å². The van der Waals surface area contributed by atoms with Gasteiger partial charge in [0.2, 0.25) is 0 Å². The number of unbranched alkanes of at least 4 members (excludes halogenated alkanes) is 27. The van der Waals surface area contributed by atoms with Crippen LogP contribution in [0.3, 0.4) is 0 Å². The van der Waals surface area contributed by atoms with Gasteiger partial charge in [0.05, 0.1) is 0 Å². The highest BCUT2D eigenvalue weighted by Gasteiger charge is 2.19. The zero-order chi connectivity index (χ0) is 47.9. The monoisotopic (exact) mass is 921 g/mol. The first-order valence-corrected chi connectivity index (χ1v) is 27.9. The molecular weight excluding hydrogens is 817 g/mol. The molecule has 66 heavy (non-hydrogen) atoms. The minimum Gasteiger partial charge on any atom is -0.462 e. The van der Waals surface area contributed by atoms with Crippen LogP contribution in [0.1, 0.15) is 271 Å². The smallest absolute Gasteiger partial charge is 0.306 e. The lowest BCUT2D eigenvalue weighted by Gasteiger charge is -2.18. The van der Waals surface area contributed by atoms with Crippen molar-refractivity contribution in [1.82, 2.24) is 0 Å². The maximum absolute atomic E-state index is 12.8. The fourth-order valence-electron chi connectivity index (χ4n) is 7.76. The van der Waals surface area contributed by atoms with Crippen molar-refractivity contribution >= 4 is 17.9 Å². The van der Waals surface area contributed by atoms with Crippen molar-refractivity contribution in [2.24, 2.45) is 0 Å². The molecular formula is C60H104O6. The summed E-state index contributed by atoms with van der Waals surface area (Å²) in [6.07, 6.45) is 68.9. The van der Waals surface area contributed by atoms with Gasteiger partial charge < -0.3 is 14.2 Å². The Labute approximate surface area is 408 Å². The van der Waals surface area contributed by atoms with Gasteiger partial charge in [-0.1, -0.05) is 235 Å². The van der Waals surface area contributed by atoms with Gasteiger partial charge in [-0.05, 0) is 89.9 Å². The number of hydrogen-bond acceptors (Lipinski definition) is 6. The van der Waals surface area contributed by atoms with Crippen LogP contribution in [-0.2, 0) is 28.6 Å². The van der Waals surface area contributed by atoms with E-state index in [1.54, 1.807) is 0 Å². The summed E-state index contributed by atoms with van der Waals surface area (Å²) in [5, 5.41) is 0. The summed E-state index contributed by atoms with van der Waals surface area (Å²) in [4.78, 5) is 38.0. The molecule has 0 aliphatic carbocycles. The molecule has 0 heterocycles. The fourth-order valence-corrected chi connectivity index (χ4v) is 7.76. The first-order chi connectivity index (χ1) is 32.5. The Morgan fingerprint density at radius 3 is 0.970 bits per heavy atom. The van der Waals surface area contributed by atoms with Crippen molar-refractivity contribution in [1.29, 1.82) is 0 Å². The van der Waals surface area contributed by atoms with Gasteiger partial charge in [-0.2, -0.15) is 0 Å². The van der Waals surface area contributed by atoms with Gasteiger partial charge in [-0.25, -0.2) is 0 Å². The lowest BCUT2D eigenvalue weighted by Crippen LogP contribution is -2.30. The van der Waals surface area contributed by atoms with E-state index >= 15 is 0 Å². The lowest BCUT2D eigenvalue weighted by molar-refractivity contribution is -0.167. The Hall–Kier alpha value is -3.15. The molecule has 1 atom stereocenters. The molecule has 0 aromatic rings. The third-order valence-corrected chi connectivity index (χ3v) is 11.9. The molecule has 0 aliphatic rings. The highest BCUT2D eigenvalue weighted by Crippen LogP contribution is 2.15. The van der Waals surface area contributed by atoms with Crippen LogP contribution in [0.4, 0.5) is 0 Å². The van der Waals surface area contributed by atoms with Crippen LogP contribution in [0.15, 0.2) is 72.9 Å². The first-order valence-electron chi connectivity index (χ1n) is 27.9. The Kier molecular flexibility index (Phi) is 51.9. The minimum absolute atomic E-state index is 0.0781. The minimum atomic E-state index is -0.779. The molecule has 1 unspecified atom stereocenters. The number of rotatable bonds is 50. The van der Waals surface area contributed by atoms with Crippen molar-refractivity contribution in [3.63, 3.8) is 0 Å². The summed E-state index contributed by atoms with van der Waals surface area (Å²) in [7, 11) is 0. The summed E-state index contributed by atoms with van der Waals surface area (Å²) in [5.74, 6) is -0.889. The Balaban J connectivity index is 4.25. The van der Waals surface area contributed by atoms with Gasteiger partial charge in [-0.15, -0.1) is 0 Å². The lowest BCUT2D eigenvalue weighted by atomic mass is 10.1. The summed E-state index contributed by atoms with van der Waals surface area (Å²) < 4.78 is 16.8. The molecule has 0 spiro atoms. The second kappa shape index (κ2) is 54.5. The quantitative estimate of drug-likeness (QED) is 0.0262. The molecule has 0 aliphatic heterocycles. The zero-order valence-corrected chi connectivity index (χ0v) is 43.4. The second-order valence-corrected chi connectivity index (χ2v) is 18.5. The molecule has 0 bridgehead atoms. The maximum Gasteiger partial charge on any atom is 0.306 e. The highest BCUT2D eigenvalue weighted by atomic mass is 16.6. The molecule has 380 valence electrons. The van der Waals surface area contributed by atoms with Crippen molar-refractivity contribution < 1.29 is 28.6 Å². The topological polar surface area (TPSA) is 78.9 Å². The molecule has 0 saturated carbocycles. The Bertz CT molecular complexity index is 1240. The van der Waals surface area contributed by atoms with Gasteiger partial charge in [0.15, 0.2) is 6.10 Å². The van der Waals surface area contributed by atoms with Gasteiger partial charge in [0.25, 0.3) is 0 Å². The molecule has 0 radical (unpaired) electrons. The standard InChI is InChI=1S/C60H104O6/c1-4-7-10-13-16-19-22-24-25-26-27-28-29-30-31-32-33-34-35-36-39-41-44-47-50-53-59(62)65-56-57(55-64-58(61)52-49-46-43-40-37-21-18-15-12-9-6-3)66-60(63)54-51-48-45-42-38-23-20-17-14-11-8-5-2/h7,10,16-17,19-20,24-25,27-28,30-31,57H,4-6,8-9,11-15,18,21-23,26,29,32-56H2,1-3H3/b10-7-,19-16-,20-17-,25-24-,28-27-,31-30-. The van der Waals surface area contributed by atoms with Crippen molar-refractivity contribution in [2.75, 3.05) is 13.2 Å². The Morgan fingerprint density at radius 2 is 0.591 bits per heavy atom. The first kappa shape index (κ1) is 62.8. The van der Waals surface area contributed by atoms with Crippen LogP contribution in [0, 0.1) is 0 Å². The van der Waals surface area contributed by atoms with E-state index in [-0.39, 0.29) is 31.1 Å². The molecule has 0 saturated heterocycles. The van der Waals surface area contributed by atoms with Gasteiger partial charge in [-0.3, -0.25) is 14.4 Å². The average molecular weight is 921 g/mol. The van der Waals surface area contributed by atoms with Crippen LogP contribution in [0.2, 0.25) is 0 Å². The SMILES string of the molecule is CC/C=C\C/C=C\C/C=C\C/C=C\C/C=C\CCCCCCCCCCCC(=O)OCC(COC(=O)CCCCCCCCCCCCC)OC(=O)CCCCCCC/C=C\CCCCC. The van der Waals surface area contributed by atoms with E-state index in [9.17, 15) is 14.4 Å². The Morgan fingerprint density at radius 1 is 0.318 bits per heavy atom. The molecule has 6 nitrogen and oxygen atoms in total. The molecule has 6 heteroatoms. The summed E-state index contributed by atoms with van der Waals surface area (Å²) in [6.45, 7) is 6.49. The number of allylic oxidation sites excluding steroid dienone is 12. The molecule has 0 aromatic carbocycles. The van der Waals surface area contributed by atoms with Crippen LogP contribution in [0.25, 0.3) is 0 Å². The van der Waals surface area contributed by atoms with Crippen LogP contribution >= 0.6 is 0 Å². The maximum atomic E-state index is 12.8. The molecule has 0 fully saturated rings. The number of ether oxygens (including phenoxy) is 3. The largest absolute Gasteiger partial charge is 0.462 e. The van der Waals surface area contributed by atoms with Crippen LogP contribution in [0.5, 0.6) is 0 Å².